The lowest BCUT2D eigenvalue weighted by Gasteiger charge is -2.21. The number of nitro groups is 1. The summed E-state index contributed by atoms with van der Waals surface area (Å²) in [5.74, 6) is -0.376. The maximum Gasteiger partial charge on any atom is 0.273 e. The highest BCUT2D eigenvalue weighted by atomic mass is 16.6. The summed E-state index contributed by atoms with van der Waals surface area (Å²) in [5, 5.41) is 16.2. The monoisotopic (exact) mass is 386 g/mol. The number of benzene rings is 3. The predicted molar refractivity (Wildman–Crippen MR) is 113 cm³/mol. The molecule has 5 nitrogen and oxygen atoms in total. The molecule has 29 heavy (non-hydrogen) atoms. The van der Waals surface area contributed by atoms with E-state index in [4.69, 9.17) is 4.84 Å². The zero-order valence-corrected chi connectivity index (χ0v) is 16.6. The van der Waals surface area contributed by atoms with Crippen LogP contribution in [0.15, 0.2) is 71.9 Å². The topological polar surface area (TPSA) is 64.7 Å². The number of para-hydroxylation sites is 1. The highest BCUT2D eigenvalue weighted by Gasteiger charge is 2.41. The van der Waals surface area contributed by atoms with Crippen molar-refractivity contribution in [3.05, 3.63) is 110 Å². The van der Waals surface area contributed by atoms with Crippen LogP contribution in [-0.2, 0) is 4.84 Å². The van der Waals surface area contributed by atoms with Crippen molar-refractivity contribution in [2.75, 3.05) is 0 Å². The van der Waals surface area contributed by atoms with E-state index in [9.17, 15) is 10.1 Å². The molecule has 0 radical (unpaired) electrons. The van der Waals surface area contributed by atoms with Crippen molar-refractivity contribution in [1.29, 1.82) is 0 Å². The molecule has 1 aliphatic rings. The first-order valence-electron chi connectivity index (χ1n) is 9.57. The fraction of sp³-hybridized carbons (Fsp3) is 0.208. The molecule has 0 aliphatic carbocycles. The first-order valence-corrected chi connectivity index (χ1v) is 9.57. The van der Waals surface area contributed by atoms with Crippen LogP contribution >= 0.6 is 0 Å². The molecule has 2 atom stereocenters. The van der Waals surface area contributed by atoms with Gasteiger partial charge in [0, 0.05) is 17.2 Å². The number of nitrogens with zero attached hydrogens (tertiary/aromatic N) is 2. The quantitative estimate of drug-likeness (QED) is 0.422. The Hall–Kier alpha value is -3.47. The normalized spacial score (nSPS) is 18.2. The lowest BCUT2D eigenvalue weighted by atomic mass is 9.80. The molecule has 3 aromatic carbocycles. The summed E-state index contributed by atoms with van der Waals surface area (Å²) in [7, 11) is 0. The summed E-state index contributed by atoms with van der Waals surface area (Å²) in [6.45, 7) is 6.15. The minimum Gasteiger partial charge on any atom is -0.386 e. The van der Waals surface area contributed by atoms with Crippen LogP contribution in [0.4, 0.5) is 5.69 Å². The minimum atomic E-state index is -0.424. The van der Waals surface area contributed by atoms with Gasteiger partial charge in [0.1, 0.15) is 0 Å². The van der Waals surface area contributed by atoms with Gasteiger partial charge in [0.15, 0.2) is 6.10 Å². The third-order valence-electron chi connectivity index (χ3n) is 5.39. The standard InChI is InChI=1S/C24H22N2O3/c1-15-13-16(2)21(17(3)14-15)23-22(19-11-7-8-12-20(19)26(27)28)24(29-25-23)18-9-5-4-6-10-18/h4-14,22,24H,1-3H3/t22-,24+/m1/s1. The fourth-order valence-corrected chi connectivity index (χ4v) is 4.28. The molecule has 146 valence electrons. The van der Waals surface area contributed by atoms with E-state index in [0.29, 0.717) is 5.56 Å². The van der Waals surface area contributed by atoms with Crippen molar-refractivity contribution < 1.29 is 9.76 Å². The summed E-state index contributed by atoms with van der Waals surface area (Å²) < 4.78 is 0. The average Bonchev–Trinajstić information content (AvgIpc) is 3.12. The second kappa shape index (κ2) is 7.51. The van der Waals surface area contributed by atoms with Crippen molar-refractivity contribution in [3.63, 3.8) is 0 Å². The first-order chi connectivity index (χ1) is 14.0. The number of aryl methyl sites for hydroxylation is 3. The SMILES string of the molecule is Cc1cc(C)c(C2=NO[C@@H](c3ccccc3)[C@@H]2c2ccccc2[N+](=O)[O-])c(C)c1. The van der Waals surface area contributed by atoms with Crippen molar-refractivity contribution >= 4 is 11.4 Å². The highest BCUT2D eigenvalue weighted by Crippen LogP contribution is 2.45. The van der Waals surface area contributed by atoms with E-state index in [2.05, 4.69) is 24.2 Å². The molecule has 1 heterocycles. The Morgan fingerprint density at radius 2 is 1.55 bits per heavy atom. The van der Waals surface area contributed by atoms with E-state index < -0.39 is 6.10 Å². The lowest BCUT2D eigenvalue weighted by Crippen LogP contribution is -2.19. The molecule has 0 saturated carbocycles. The van der Waals surface area contributed by atoms with Crippen LogP contribution < -0.4 is 0 Å². The molecule has 0 spiro atoms. The van der Waals surface area contributed by atoms with Gasteiger partial charge in [-0.2, -0.15) is 0 Å². The maximum atomic E-state index is 11.8. The molecule has 0 fully saturated rings. The van der Waals surface area contributed by atoms with Gasteiger partial charge in [-0.05, 0) is 37.5 Å². The van der Waals surface area contributed by atoms with Crippen LogP contribution in [0.1, 0.15) is 45.4 Å². The molecule has 5 heteroatoms. The van der Waals surface area contributed by atoms with Crippen LogP contribution in [0.2, 0.25) is 0 Å². The van der Waals surface area contributed by atoms with Crippen molar-refractivity contribution in [2.24, 2.45) is 5.16 Å². The Labute approximate surface area is 169 Å². The van der Waals surface area contributed by atoms with Gasteiger partial charge in [0.05, 0.1) is 16.6 Å². The molecule has 0 bridgehead atoms. The molecule has 4 rings (SSSR count). The van der Waals surface area contributed by atoms with E-state index in [0.717, 1.165) is 28.0 Å². The maximum absolute atomic E-state index is 11.8. The largest absolute Gasteiger partial charge is 0.386 e. The number of hydrogen-bond acceptors (Lipinski definition) is 4. The van der Waals surface area contributed by atoms with Crippen LogP contribution in [0.3, 0.4) is 0 Å². The van der Waals surface area contributed by atoms with Crippen molar-refractivity contribution in [2.45, 2.75) is 32.8 Å². The Morgan fingerprint density at radius 3 is 2.21 bits per heavy atom. The molecular weight excluding hydrogens is 364 g/mol. The molecule has 0 N–H and O–H groups in total. The highest BCUT2D eigenvalue weighted by molar-refractivity contribution is 6.08. The van der Waals surface area contributed by atoms with Gasteiger partial charge in [0.25, 0.3) is 5.69 Å². The summed E-state index contributed by atoms with van der Waals surface area (Å²) in [6.07, 6.45) is -0.424. The van der Waals surface area contributed by atoms with E-state index >= 15 is 0 Å². The Bertz CT molecular complexity index is 1080. The van der Waals surface area contributed by atoms with Gasteiger partial charge in [-0.3, -0.25) is 10.1 Å². The third-order valence-corrected chi connectivity index (χ3v) is 5.39. The van der Waals surface area contributed by atoms with Crippen LogP contribution in [0.25, 0.3) is 0 Å². The minimum absolute atomic E-state index is 0.0825. The number of hydrogen-bond donors (Lipinski definition) is 0. The Morgan fingerprint density at radius 1 is 0.931 bits per heavy atom. The number of oxime groups is 1. The first kappa shape index (κ1) is 18.9. The second-order valence-corrected chi connectivity index (χ2v) is 7.48. The Kier molecular flexibility index (Phi) is 4.89. The molecule has 0 saturated heterocycles. The van der Waals surface area contributed by atoms with Gasteiger partial charge in [-0.1, -0.05) is 71.4 Å². The average molecular weight is 386 g/mol. The van der Waals surface area contributed by atoms with Gasteiger partial charge in [-0.15, -0.1) is 0 Å². The summed E-state index contributed by atoms with van der Waals surface area (Å²) >= 11 is 0. The number of nitro benzene ring substituents is 1. The molecule has 0 amide bonds. The summed E-state index contributed by atoms with van der Waals surface area (Å²) in [4.78, 5) is 17.4. The van der Waals surface area contributed by atoms with Crippen LogP contribution in [-0.4, -0.2) is 10.6 Å². The second-order valence-electron chi connectivity index (χ2n) is 7.48. The predicted octanol–water partition coefficient (Wildman–Crippen LogP) is 5.78. The van der Waals surface area contributed by atoms with E-state index in [1.165, 1.54) is 5.56 Å². The van der Waals surface area contributed by atoms with Crippen LogP contribution in [0.5, 0.6) is 0 Å². The number of rotatable bonds is 4. The van der Waals surface area contributed by atoms with Gasteiger partial charge < -0.3 is 4.84 Å². The zero-order valence-electron chi connectivity index (χ0n) is 16.6. The Balaban J connectivity index is 1.92. The van der Waals surface area contributed by atoms with Gasteiger partial charge >= 0.3 is 0 Å². The van der Waals surface area contributed by atoms with E-state index in [1.54, 1.807) is 12.1 Å². The molecular formula is C24H22N2O3. The van der Waals surface area contributed by atoms with E-state index in [1.807, 2.05) is 56.3 Å². The molecule has 1 aliphatic heterocycles. The zero-order chi connectivity index (χ0) is 20.5. The third kappa shape index (κ3) is 3.40. The molecule has 0 unspecified atom stereocenters. The van der Waals surface area contributed by atoms with Crippen molar-refractivity contribution in [1.82, 2.24) is 0 Å². The van der Waals surface area contributed by atoms with Gasteiger partial charge in [0.2, 0.25) is 0 Å². The molecule has 3 aromatic rings. The lowest BCUT2D eigenvalue weighted by molar-refractivity contribution is -0.385. The van der Waals surface area contributed by atoms with Crippen LogP contribution in [0, 0.1) is 30.9 Å². The summed E-state index contributed by atoms with van der Waals surface area (Å²) in [6, 6.07) is 20.8. The van der Waals surface area contributed by atoms with Crippen molar-refractivity contribution in [3.8, 4) is 0 Å². The summed E-state index contributed by atoms with van der Waals surface area (Å²) in [5.41, 5.74) is 6.72. The van der Waals surface area contributed by atoms with Gasteiger partial charge in [-0.25, -0.2) is 0 Å². The fourth-order valence-electron chi connectivity index (χ4n) is 4.28. The molecule has 0 aromatic heterocycles. The smallest absolute Gasteiger partial charge is 0.273 e. The van der Waals surface area contributed by atoms with E-state index in [-0.39, 0.29) is 16.5 Å².